The van der Waals surface area contributed by atoms with Gasteiger partial charge in [-0.2, -0.15) is 0 Å². The number of hydrogen-bond acceptors (Lipinski definition) is 4. The molecule has 1 fully saturated rings. The van der Waals surface area contributed by atoms with Crippen molar-refractivity contribution >= 4 is 28.2 Å². The van der Waals surface area contributed by atoms with E-state index in [0.29, 0.717) is 17.9 Å². The Morgan fingerprint density at radius 1 is 1.33 bits per heavy atom. The zero-order valence-corrected chi connectivity index (χ0v) is 13.6. The van der Waals surface area contributed by atoms with Gasteiger partial charge < -0.3 is 10.6 Å². The molecule has 1 unspecified atom stereocenters. The summed E-state index contributed by atoms with van der Waals surface area (Å²) in [5.41, 5.74) is 1.01. The van der Waals surface area contributed by atoms with Crippen molar-refractivity contribution in [3.05, 3.63) is 29.8 Å². The second-order valence-electron chi connectivity index (χ2n) is 5.11. The number of carbonyl (C=O) groups excluding carboxylic acids is 1. The van der Waals surface area contributed by atoms with Crippen molar-refractivity contribution in [1.29, 1.82) is 0 Å². The minimum absolute atomic E-state index is 0. The Morgan fingerprint density at radius 3 is 2.52 bits per heavy atom. The summed E-state index contributed by atoms with van der Waals surface area (Å²) >= 11 is 0. The zero-order valence-electron chi connectivity index (χ0n) is 12.0. The molecule has 1 amide bonds. The number of carbonyl (C=O) groups is 1. The van der Waals surface area contributed by atoms with Gasteiger partial charge in [0.05, 0.1) is 10.9 Å². The molecule has 0 aromatic heterocycles. The van der Waals surface area contributed by atoms with Gasteiger partial charge in [0.15, 0.2) is 9.84 Å². The van der Waals surface area contributed by atoms with Crippen molar-refractivity contribution in [3.63, 3.8) is 0 Å². The summed E-state index contributed by atoms with van der Waals surface area (Å²) in [6, 6.07) is 6.73. The highest BCUT2D eigenvalue weighted by Crippen LogP contribution is 2.10. The second kappa shape index (κ2) is 7.77. The van der Waals surface area contributed by atoms with E-state index in [1.807, 2.05) is 0 Å². The SMILES string of the molecule is CS(=O)(=O)c1ccc(CCNC(=O)C2CCCN2)cc1.Cl. The zero-order chi connectivity index (χ0) is 14.6. The van der Waals surface area contributed by atoms with Crippen molar-refractivity contribution in [2.45, 2.75) is 30.2 Å². The molecule has 0 saturated carbocycles. The fraction of sp³-hybridized carbons (Fsp3) is 0.500. The first-order valence-electron chi connectivity index (χ1n) is 6.77. The summed E-state index contributed by atoms with van der Waals surface area (Å²) < 4.78 is 22.7. The molecule has 2 N–H and O–H groups in total. The van der Waals surface area contributed by atoms with Crippen LogP contribution < -0.4 is 10.6 Å². The lowest BCUT2D eigenvalue weighted by molar-refractivity contribution is -0.122. The van der Waals surface area contributed by atoms with Gasteiger partial charge >= 0.3 is 0 Å². The Morgan fingerprint density at radius 2 is 2.00 bits per heavy atom. The highest BCUT2D eigenvalue weighted by molar-refractivity contribution is 7.90. The van der Waals surface area contributed by atoms with Gasteiger partial charge in [0.2, 0.25) is 5.91 Å². The van der Waals surface area contributed by atoms with Crippen LogP contribution in [0.15, 0.2) is 29.2 Å². The second-order valence-corrected chi connectivity index (χ2v) is 7.12. The van der Waals surface area contributed by atoms with Crippen molar-refractivity contribution < 1.29 is 13.2 Å². The average Bonchev–Trinajstić information content (AvgIpc) is 2.92. The van der Waals surface area contributed by atoms with E-state index in [0.717, 1.165) is 24.9 Å². The van der Waals surface area contributed by atoms with Gasteiger partial charge in [0.25, 0.3) is 0 Å². The topological polar surface area (TPSA) is 75.3 Å². The molecule has 0 spiro atoms. The molecule has 1 aliphatic rings. The molecule has 118 valence electrons. The number of sulfone groups is 1. The largest absolute Gasteiger partial charge is 0.354 e. The third-order valence-electron chi connectivity index (χ3n) is 3.44. The van der Waals surface area contributed by atoms with Crippen LogP contribution in [-0.4, -0.2) is 39.7 Å². The third-order valence-corrected chi connectivity index (χ3v) is 4.57. The summed E-state index contributed by atoms with van der Waals surface area (Å²) in [7, 11) is -3.14. The molecule has 7 heteroatoms. The number of hydrogen-bond donors (Lipinski definition) is 2. The summed E-state index contributed by atoms with van der Waals surface area (Å²) in [6.45, 7) is 1.47. The molecule has 0 bridgehead atoms. The molecule has 5 nitrogen and oxygen atoms in total. The minimum Gasteiger partial charge on any atom is -0.354 e. The van der Waals surface area contributed by atoms with Crippen LogP contribution in [0.2, 0.25) is 0 Å². The van der Waals surface area contributed by atoms with E-state index in [4.69, 9.17) is 0 Å². The summed E-state index contributed by atoms with van der Waals surface area (Å²) in [5, 5.41) is 6.05. The maximum Gasteiger partial charge on any atom is 0.237 e. The first kappa shape index (κ1) is 17.9. The van der Waals surface area contributed by atoms with E-state index in [9.17, 15) is 13.2 Å². The molecule has 1 aliphatic heterocycles. The Hall–Kier alpha value is -1.11. The molecular formula is C14H21ClN2O3S. The van der Waals surface area contributed by atoms with Crippen LogP contribution in [-0.2, 0) is 21.1 Å². The van der Waals surface area contributed by atoms with Crippen LogP contribution in [0.25, 0.3) is 0 Å². The predicted molar refractivity (Wildman–Crippen MR) is 84.5 cm³/mol. The van der Waals surface area contributed by atoms with Crippen molar-refractivity contribution in [2.75, 3.05) is 19.3 Å². The Bertz CT molecular complexity index is 566. The van der Waals surface area contributed by atoms with Crippen LogP contribution in [0, 0.1) is 0 Å². The number of rotatable bonds is 5. The highest BCUT2D eigenvalue weighted by Gasteiger charge is 2.21. The van der Waals surface area contributed by atoms with Gasteiger partial charge in [-0.15, -0.1) is 12.4 Å². The van der Waals surface area contributed by atoms with Crippen LogP contribution in [0.1, 0.15) is 18.4 Å². The lowest BCUT2D eigenvalue weighted by atomic mass is 10.1. The highest BCUT2D eigenvalue weighted by atomic mass is 35.5. The molecule has 2 rings (SSSR count). The standard InChI is InChI=1S/C14H20N2O3S.ClH/c1-20(18,19)12-6-4-11(5-7-12)8-10-16-14(17)13-3-2-9-15-13;/h4-7,13,15H,2-3,8-10H2,1H3,(H,16,17);1H. The lowest BCUT2D eigenvalue weighted by Gasteiger charge is -2.11. The number of halogens is 1. The van der Waals surface area contributed by atoms with E-state index in [1.54, 1.807) is 24.3 Å². The average molecular weight is 333 g/mol. The minimum atomic E-state index is -3.14. The van der Waals surface area contributed by atoms with Crippen molar-refractivity contribution in [2.24, 2.45) is 0 Å². The molecule has 0 radical (unpaired) electrons. The maximum atomic E-state index is 11.8. The fourth-order valence-electron chi connectivity index (χ4n) is 2.26. The quantitative estimate of drug-likeness (QED) is 0.841. The van der Waals surface area contributed by atoms with Gasteiger partial charge in [-0.25, -0.2) is 8.42 Å². The third kappa shape index (κ3) is 5.30. The van der Waals surface area contributed by atoms with Crippen molar-refractivity contribution in [1.82, 2.24) is 10.6 Å². The Labute approximate surface area is 131 Å². The predicted octanol–water partition coefficient (Wildman–Crippen LogP) is 0.923. The van der Waals surface area contributed by atoms with Crippen LogP contribution >= 0.6 is 12.4 Å². The van der Waals surface area contributed by atoms with Crippen LogP contribution in [0.3, 0.4) is 0 Å². The lowest BCUT2D eigenvalue weighted by Crippen LogP contribution is -2.41. The van der Waals surface area contributed by atoms with E-state index in [1.165, 1.54) is 6.26 Å². The molecule has 1 atom stereocenters. The van der Waals surface area contributed by atoms with Gasteiger partial charge in [-0.1, -0.05) is 12.1 Å². The van der Waals surface area contributed by atoms with Crippen LogP contribution in [0.5, 0.6) is 0 Å². The maximum absolute atomic E-state index is 11.8. The van der Waals surface area contributed by atoms with Crippen molar-refractivity contribution in [3.8, 4) is 0 Å². The first-order valence-corrected chi connectivity index (χ1v) is 8.66. The smallest absolute Gasteiger partial charge is 0.237 e. The summed E-state index contributed by atoms with van der Waals surface area (Å²) in [6.07, 6.45) is 3.83. The van der Waals surface area contributed by atoms with E-state index in [-0.39, 0.29) is 24.4 Å². The monoisotopic (exact) mass is 332 g/mol. The molecule has 1 aromatic rings. The molecular weight excluding hydrogens is 312 g/mol. The van der Waals surface area contributed by atoms with Gasteiger partial charge in [0, 0.05) is 12.8 Å². The van der Waals surface area contributed by atoms with Gasteiger partial charge in [0.1, 0.15) is 0 Å². The summed E-state index contributed by atoms with van der Waals surface area (Å²) in [5.74, 6) is 0.0512. The van der Waals surface area contributed by atoms with E-state index >= 15 is 0 Å². The fourth-order valence-corrected chi connectivity index (χ4v) is 2.90. The Balaban J connectivity index is 0.00000220. The van der Waals surface area contributed by atoms with Gasteiger partial charge in [-0.05, 0) is 43.5 Å². The van der Waals surface area contributed by atoms with Gasteiger partial charge in [-0.3, -0.25) is 4.79 Å². The van der Waals surface area contributed by atoms with E-state index in [2.05, 4.69) is 10.6 Å². The number of benzene rings is 1. The van der Waals surface area contributed by atoms with Crippen LogP contribution in [0.4, 0.5) is 0 Å². The molecule has 1 heterocycles. The molecule has 21 heavy (non-hydrogen) atoms. The Kier molecular flexibility index (Phi) is 6.64. The number of amides is 1. The summed E-state index contributed by atoms with van der Waals surface area (Å²) in [4.78, 5) is 12.1. The molecule has 0 aliphatic carbocycles. The first-order chi connectivity index (χ1) is 9.47. The molecule has 1 saturated heterocycles. The van der Waals surface area contributed by atoms with E-state index < -0.39 is 9.84 Å². The normalized spacial score (nSPS) is 18.0. The number of nitrogens with one attached hydrogen (secondary N) is 2. The molecule has 1 aromatic carbocycles.